The van der Waals surface area contributed by atoms with E-state index >= 15 is 0 Å². The molecule has 0 radical (unpaired) electrons. The number of hydrogen-bond donors (Lipinski definition) is 1. The third-order valence-electron chi connectivity index (χ3n) is 2.77. The molecule has 0 saturated carbocycles. The van der Waals surface area contributed by atoms with E-state index in [0.717, 1.165) is 37.1 Å². The number of aryl methyl sites for hydroxylation is 1. The van der Waals surface area contributed by atoms with Crippen LogP contribution in [0.5, 0.6) is 0 Å². The van der Waals surface area contributed by atoms with Gasteiger partial charge in [0.15, 0.2) is 0 Å². The molecule has 0 saturated heterocycles. The predicted molar refractivity (Wildman–Crippen MR) is 67.8 cm³/mol. The van der Waals surface area contributed by atoms with Crippen molar-refractivity contribution in [1.29, 1.82) is 0 Å². The van der Waals surface area contributed by atoms with E-state index in [1.807, 2.05) is 0 Å². The number of unbranched alkanes of at least 4 members (excludes halogenated alkanes) is 5. The summed E-state index contributed by atoms with van der Waals surface area (Å²) in [5, 5.41) is 8.85. The van der Waals surface area contributed by atoms with Gasteiger partial charge in [0.2, 0.25) is 5.76 Å². The van der Waals surface area contributed by atoms with E-state index in [4.69, 9.17) is 21.1 Å². The Morgan fingerprint density at radius 1 is 1.18 bits per heavy atom. The van der Waals surface area contributed by atoms with Crippen LogP contribution in [0.15, 0.2) is 16.7 Å². The van der Waals surface area contributed by atoms with Gasteiger partial charge in [-0.2, -0.15) is 0 Å². The average Bonchev–Trinajstić information content (AvgIpc) is 2.76. The molecule has 1 N–H and O–H groups in total. The van der Waals surface area contributed by atoms with Crippen LogP contribution in [0.2, 0.25) is 0 Å². The number of aromatic carboxylic acids is 1. The SMILES string of the molecule is O=C(O)c1occc1CCCCCCCCCl. The highest BCUT2D eigenvalue weighted by Crippen LogP contribution is 2.15. The lowest BCUT2D eigenvalue weighted by molar-refractivity contribution is 0.0660. The van der Waals surface area contributed by atoms with Gasteiger partial charge in [-0.3, -0.25) is 0 Å². The van der Waals surface area contributed by atoms with Crippen LogP contribution < -0.4 is 0 Å². The van der Waals surface area contributed by atoms with Gasteiger partial charge >= 0.3 is 5.97 Å². The Hall–Kier alpha value is -0.960. The maximum Gasteiger partial charge on any atom is 0.372 e. The zero-order valence-electron chi connectivity index (χ0n) is 9.95. The van der Waals surface area contributed by atoms with Gasteiger partial charge in [0.1, 0.15) is 0 Å². The maximum atomic E-state index is 10.8. The summed E-state index contributed by atoms with van der Waals surface area (Å²) in [6.07, 6.45) is 9.06. The van der Waals surface area contributed by atoms with Crippen LogP contribution in [0.3, 0.4) is 0 Å². The van der Waals surface area contributed by atoms with E-state index in [2.05, 4.69) is 0 Å². The van der Waals surface area contributed by atoms with Gasteiger partial charge in [0, 0.05) is 11.4 Å². The summed E-state index contributed by atoms with van der Waals surface area (Å²) >= 11 is 5.59. The molecule has 3 nitrogen and oxygen atoms in total. The third-order valence-corrected chi connectivity index (χ3v) is 3.04. The van der Waals surface area contributed by atoms with Gasteiger partial charge in [-0.05, 0) is 25.3 Å². The molecule has 0 unspecified atom stereocenters. The lowest BCUT2D eigenvalue weighted by atomic mass is 10.1. The fourth-order valence-electron chi connectivity index (χ4n) is 1.84. The second-order valence-corrected chi connectivity index (χ2v) is 4.52. The van der Waals surface area contributed by atoms with E-state index < -0.39 is 5.97 Å². The Balaban J connectivity index is 2.14. The molecule has 1 aromatic heterocycles. The van der Waals surface area contributed by atoms with Gasteiger partial charge in [-0.15, -0.1) is 11.6 Å². The summed E-state index contributed by atoms with van der Waals surface area (Å²) in [6.45, 7) is 0. The summed E-state index contributed by atoms with van der Waals surface area (Å²) in [4.78, 5) is 10.8. The molecule has 0 aliphatic rings. The van der Waals surface area contributed by atoms with Crippen molar-refractivity contribution >= 4 is 17.6 Å². The van der Waals surface area contributed by atoms with Crippen molar-refractivity contribution in [2.45, 2.75) is 44.9 Å². The molecular formula is C13H19ClO3. The Kier molecular flexibility index (Phi) is 6.78. The third kappa shape index (κ3) is 5.26. The van der Waals surface area contributed by atoms with Gasteiger partial charge < -0.3 is 9.52 Å². The number of alkyl halides is 1. The van der Waals surface area contributed by atoms with Crippen molar-refractivity contribution in [1.82, 2.24) is 0 Å². The van der Waals surface area contributed by atoms with Gasteiger partial charge in [-0.25, -0.2) is 4.79 Å². The Labute approximate surface area is 107 Å². The summed E-state index contributed by atoms with van der Waals surface area (Å²) in [5.41, 5.74) is 0.804. The van der Waals surface area contributed by atoms with Crippen LogP contribution >= 0.6 is 11.6 Å². The normalized spacial score (nSPS) is 10.6. The molecule has 1 aromatic rings. The molecule has 0 aromatic carbocycles. The summed E-state index contributed by atoms with van der Waals surface area (Å²) in [7, 11) is 0. The molecule has 4 heteroatoms. The highest BCUT2D eigenvalue weighted by Gasteiger charge is 2.12. The van der Waals surface area contributed by atoms with Gasteiger partial charge in [-0.1, -0.05) is 25.7 Å². The van der Waals surface area contributed by atoms with E-state index in [0.29, 0.717) is 0 Å². The molecule has 0 amide bonds. The van der Waals surface area contributed by atoms with E-state index in [1.165, 1.54) is 25.5 Å². The number of halogens is 1. The number of furan rings is 1. The second kappa shape index (κ2) is 8.18. The molecule has 0 aliphatic carbocycles. The molecule has 1 heterocycles. The fourth-order valence-corrected chi connectivity index (χ4v) is 2.03. The lowest BCUT2D eigenvalue weighted by Crippen LogP contribution is -1.98. The zero-order valence-corrected chi connectivity index (χ0v) is 10.7. The van der Waals surface area contributed by atoms with Crippen LogP contribution in [0.4, 0.5) is 0 Å². The van der Waals surface area contributed by atoms with Crippen LogP contribution in [-0.2, 0) is 6.42 Å². The maximum absolute atomic E-state index is 10.8. The first-order valence-electron chi connectivity index (χ1n) is 6.11. The Morgan fingerprint density at radius 2 is 1.82 bits per heavy atom. The van der Waals surface area contributed by atoms with Crippen molar-refractivity contribution in [3.63, 3.8) is 0 Å². The summed E-state index contributed by atoms with van der Waals surface area (Å²) in [5.74, 6) is -0.143. The number of rotatable bonds is 9. The van der Waals surface area contributed by atoms with Crippen molar-refractivity contribution < 1.29 is 14.3 Å². The molecule has 0 spiro atoms. The van der Waals surface area contributed by atoms with Crippen LogP contribution in [0.25, 0.3) is 0 Å². The van der Waals surface area contributed by atoms with Crippen molar-refractivity contribution in [2.75, 3.05) is 5.88 Å². The van der Waals surface area contributed by atoms with Crippen LogP contribution in [0.1, 0.15) is 54.6 Å². The molecule has 1 rings (SSSR count). The largest absolute Gasteiger partial charge is 0.475 e. The van der Waals surface area contributed by atoms with Gasteiger partial charge in [0.05, 0.1) is 6.26 Å². The van der Waals surface area contributed by atoms with Crippen LogP contribution in [-0.4, -0.2) is 17.0 Å². The highest BCUT2D eigenvalue weighted by atomic mass is 35.5. The Morgan fingerprint density at radius 3 is 2.47 bits per heavy atom. The topological polar surface area (TPSA) is 50.4 Å². The van der Waals surface area contributed by atoms with Crippen LogP contribution in [0, 0.1) is 0 Å². The molecule has 0 atom stereocenters. The van der Waals surface area contributed by atoms with Crippen molar-refractivity contribution in [2.24, 2.45) is 0 Å². The number of carboxylic acids is 1. The highest BCUT2D eigenvalue weighted by molar-refractivity contribution is 6.17. The minimum atomic E-state index is -0.980. The first-order valence-corrected chi connectivity index (χ1v) is 6.64. The molecule has 0 bridgehead atoms. The molecule has 96 valence electrons. The summed E-state index contributed by atoms with van der Waals surface area (Å²) in [6, 6.07) is 1.75. The first kappa shape index (κ1) is 14.1. The number of carbonyl (C=O) groups is 1. The molecule has 0 aliphatic heterocycles. The standard InChI is InChI=1S/C13H19ClO3/c14-9-6-4-2-1-3-5-7-11-8-10-17-12(11)13(15)16/h8,10H,1-7,9H2,(H,15,16). The minimum Gasteiger partial charge on any atom is -0.475 e. The smallest absolute Gasteiger partial charge is 0.372 e. The van der Waals surface area contributed by atoms with E-state index in [1.54, 1.807) is 6.07 Å². The zero-order chi connectivity index (χ0) is 12.5. The molecular weight excluding hydrogens is 240 g/mol. The van der Waals surface area contributed by atoms with Crippen molar-refractivity contribution in [3.05, 3.63) is 23.7 Å². The van der Waals surface area contributed by atoms with Crippen molar-refractivity contribution in [3.8, 4) is 0 Å². The quantitative estimate of drug-likeness (QED) is 0.536. The van der Waals surface area contributed by atoms with E-state index in [-0.39, 0.29) is 5.76 Å². The second-order valence-electron chi connectivity index (χ2n) is 4.14. The number of hydrogen-bond acceptors (Lipinski definition) is 2. The molecule has 0 fully saturated rings. The lowest BCUT2D eigenvalue weighted by Gasteiger charge is -2.00. The average molecular weight is 259 g/mol. The fraction of sp³-hybridized carbons (Fsp3) is 0.615. The van der Waals surface area contributed by atoms with E-state index in [9.17, 15) is 4.79 Å². The summed E-state index contributed by atoms with van der Waals surface area (Å²) < 4.78 is 4.92. The first-order chi connectivity index (χ1) is 8.25. The predicted octanol–water partition coefficient (Wildman–Crippen LogP) is 4.10. The minimum absolute atomic E-state index is 0.0899. The Bertz CT molecular complexity index is 333. The number of carboxylic acid groups (broad SMARTS) is 1. The molecule has 17 heavy (non-hydrogen) atoms. The monoisotopic (exact) mass is 258 g/mol. The van der Waals surface area contributed by atoms with Gasteiger partial charge in [0.25, 0.3) is 0 Å².